The highest BCUT2D eigenvalue weighted by molar-refractivity contribution is 6.32. The van der Waals surface area contributed by atoms with Crippen molar-refractivity contribution in [2.75, 3.05) is 19.9 Å². The van der Waals surface area contributed by atoms with Crippen molar-refractivity contribution in [3.63, 3.8) is 0 Å². The summed E-state index contributed by atoms with van der Waals surface area (Å²) in [5.74, 6) is 1.60. The summed E-state index contributed by atoms with van der Waals surface area (Å²) >= 11 is 6.07. The maximum absolute atomic E-state index is 12.1. The average molecular weight is 334 g/mol. The molecule has 0 unspecified atom stereocenters. The molecule has 1 heterocycles. The van der Waals surface area contributed by atoms with Crippen LogP contribution in [0, 0.1) is 0 Å². The Bertz CT molecular complexity index is 690. The number of para-hydroxylation sites is 1. The zero-order chi connectivity index (χ0) is 16.1. The second-order valence-corrected chi connectivity index (χ2v) is 5.37. The lowest BCUT2D eigenvalue weighted by molar-refractivity contribution is 0.0951. The normalized spacial score (nSPS) is 12.0. The van der Waals surface area contributed by atoms with Gasteiger partial charge >= 0.3 is 0 Å². The van der Waals surface area contributed by atoms with E-state index in [1.807, 2.05) is 30.3 Å². The first-order valence-electron chi connectivity index (χ1n) is 7.29. The van der Waals surface area contributed by atoms with E-state index in [0.717, 1.165) is 5.75 Å². The molecule has 0 radical (unpaired) electrons. The maximum atomic E-state index is 12.1. The van der Waals surface area contributed by atoms with Crippen molar-refractivity contribution in [3.05, 3.63) is 53.1 Å². The molecule has 0 aromatic heterocycles. The van der Waals surface area contributed by atoms with Crippen molar-refractivity contribution < 1.29 is 19.0 Å². The van der Waals surface area contributed by atoms with Gasteiger partial charge in [0.15, 0.2) is 11.5 Å². The van der Waals surface area contributed by atoms with Gasteiger partial charge in [0, 0.05) is 12.1 Å². The molecule has 0 aliphatic carbocycles. The number of fused-ring (bicyclic) bond motifs is 1. The Morgan fingerprint density at radius 1 is 1.22 bits per heavy atom. The number of hydrogen-bond donors (Lipinski definition) is 1. The van der Waals surface area contributed by atoms with Gasteiger partial charge in [0.1, 0.15) is 5.75 Å². The standard InChI is InChI=1S/C17H16ClNO4/c18-14-9-12(10-15-16(14)23-11-22-15)17(20)19-7-4-8-21-13-5-2-1-3-6-13/h1-3,5-6,9-10H,4,7-8,11H2,(H,19,20). The second-order valence-electron chi connectivity index (χ2n) is 4.96. The average Bonchev–Trinajstić information content (AvgIpc) is 3.04. The maximum Gasteiger partial charge on any atom is 0.251 e. The highest BCUT2D eigenvalue weighted by atomic mass is 35.5. The number of amides is 1. The molecule has 1 N–H and O–H groups in total. The lowest BCUT2D eigenvalue weighted by Gasteiger charge is -2.08. The van der Waals surface area contributed by atoms with Crippen LogP contribution in [-0.4, -0.2) is 25.9 Å². The van der Waals surface area contributed by atoms with E-state index in [1.54, 1.807) is 12.1 Å². The van der Waals surface area contributed by atoms with Crippen molar-refractivity contribution in [2.45, 2.75) is 6.42 Å². The van der Waals surface area contributed by atoms with Crippen LogP contribution in [0.1, 0.15) is 16.8 Å². The van der Waals surface area contributed by atoms with Crippen molar-refractivity contribution in [1.29, 1.82) is 0 Å². The molecular weight excluding hydrogens is 318 g/mol. The highest BCUT2D eigenvalue weighted by Gasteiger charge is 2.20. The van der Waals surface area contributed by atoms with E-state index in [2.05, 4.69) is 5.32 Å². The summed E-state index contributed by atoms with van der Waals surface area (Å²) in [7, 11) is 0. The number of ether oxygens (including phenoxy) is 3. The molecule has 0 saturated carbocycles. The summed E-state index contributed by atoms with van der Waals surface area (Å²) in [5, 5.41) is 3.20. The van der Waals surface area contributed by atoms with Gasteiger partial charge in [0.05, 0.1) is 11.6 Å². The van der Waals surface area contributed by atoms with Crippen molar-refractivity contribution in [1.82, 2.24) is 5.32 Å². The SMILES string of the molecule is O=C(NCCCOc1ccccc1)c1cc(Cl)c2c(c1)OCO2. The summed E-state index contributed by atoms with van der Waals surface area (Å²) in [6.45, 7) is 1.17. The smallest absolute Gasteiger partial charge is 0.251 e. The molecule has 1 aliphatic heterocycles. The molecule has 2 aromatic rings. The summed E-state index contributed by atoms with van der Waals surface area (Å²) in [6, 6.07) is 12.8. The van der Waals surface area contributed by atoms with Gasteiger partial charge in [-0.15, -0.1) is 0 Å². The van der Waals surface area contributed by atoms with Crippen LogP contribution in [0.5, 0.6) is 17.2 Å². The number of hydrogen-bond acceptors (Lipinski definition) is 4. The summed E-state index contributed by atoms with van der Waals surface area (Å²) < 4.78 is 16.0. The number of halogens is 1. The van der Waals surface area contributed by atoms with Gasteiger partial charge in [-0.05, 0) is 30.7 Å². The van der Waals surface area contributed by atoms with Crippen molar-refractivity contribution >= 4 is 17.5 Å². The summed E-state index contributed by atoms with van der Waals surface area (Å²) in [6.07, 6.45) is 0.707. The molecule has 120 valence electrons. The topological polar surface area (TPSA) is 56.8 Å². The lowest BCUT2D eigenvalue weighted by Crippen LogP contribution is -2.25. The predicted molar refractivity (Wildman–Crippen MR) is 86.5 cm³/mol. The van der Waals surface area contributed by atoms with Crippen LogP contribution in [-0.2, 0) is 0 Å². The molecule has 6 heteroatoms. The van der Waals surface area contributed by atoms with E-state index >= 15 is 0 Å². The van der Waals surface area contributed by atoms with E-state index < -0.39 is 0 Å². The van der Waals surface area contributed by atoms with Crippen LogP contribution in [0.15, 0.2) is 42.5 Å². The molecule has 0 saturated heterocycles. The quantitative estimate of drug-likeness (QED) is 0.824. The fraction of sp³-hybridized carbons (Fsp3) is 0.235. The zero-order valence-corrected chi connectivity index (χ0v) is 13.1. The van der Waals surface area contributed by atoms with Crippen molar-refractivity contribution in [3.8, 4) is 17.2 Å². The minimum Gasteiger partial charge on any atom is -0.494 e. The first-order valence-corrected chi connectivity index (χ1v) is 7.67. The van der Waals surface area contributed by atoms with Gasteiger partial charge in [-0.25, -0.2) is 0 Å². The molecule has 2 aromatic carbocycles. The minimum atomic E-state index is -0.204. The Balaban J connectivity index is 1.46. The van der Waals surface area contributed by atoms with Crippen LogP contribution < -0.4 is 19.5 Å². The van der Waals surface area contributed by atoms with Crippen molar-refractivity contribution in [2.24, 2.45) is 0 Å². The third-order valence-corrected chi connectivity index (χ3v) is 3.59. The predicted octanol–water partition coefficient (Wildman–Crippen LogP) is 3.27. The molecule has 3 rings (SSSR count). The van der Waals surface area contributed by atoms with Crippen LogP contribution in [0.4, 0.5) is 0 Å². The molecular formula is C17H16ClNO4. The zero-order valence-electron chi connectivity index (χ0n) is 12.4. The fourth-order valence-electron chi connectivity index (χ4n) is 2.18. The Kier molecular flexibility index (Phi) is 4.88. The monoisotopic (exact) mass is 333 g/mol. The molecule has 0 spiro atoms. The van der Waals surface area contributed by atoms with Crippen LogP contribution >= 0.6 is 11.6 Å². The van der Waals surface area contributed by atoms with Gasteiger partial charge in [-0.2, -0.15) is 0 Å². The first kappa shape index (κ1) is 15.5. The van der Waals surface area contributed by atoms with E-state index in [9.17, 15) is 4.79 Å². The Hall–Kier alpha value is -2.40. The Morgan fingerprint density at radius 2 is 2.04 bits per heavy atom. The highest BCUT2D eigenvalue weighted by Crippen LogP contribution is 2.39. The molecule has 0 fully saturated rings. The van der Waals surface area contributed by atoms with Gasteiger partial charge in [-0.1, -0.05) is 29.8 Å². The van der Waals surface area contributed by atoms with E-state index in [4.69, 9.17) is 25.8 Å². The van der Waals surface area contributed by atoms with Crippen LogP contribution in [0.25, 0.3) is 0 Å². The largest absolute Gasteiger partial charge is 0.494 e. The van der Waals surface area contributed by atoms with Gasteiger partial charge < -0.3 is 19.5 Å². The summed E-state index contributed by atoms with van der Waals surface area (Å²) in [4.78, 5) is 12.1. The Labute approximate surface area is 139 Å². The first-order chi connectivity index (χ1) is 11.2. The number of carbonyl (C=O) groups is 1. The number of benzene rings is 2. The third kappa shape index (κ3) is 3.87. The van der Waals surface area contributed by atoms with E-state index in [1.165, 1.54) is 0 Å². The Morgan fingerprint density at radius 3 is 2.87 bits per heavy atom. The number of rotatable bonds is 6. The molecule has 1 aliphatic rings. The van der Waals surface area contributed by atoms with Crippen LogP contribution in [0.3, 0.4) is 0 Å². The van der Waals surface area contributed by atoms with Crippen LogP contribution in [0.2, 0.25) is 5.02 Å². The van der Waals surface area contributed by atoms with Gasteiger partial charge in [-0.3, -0.25) is 4.79 Å². The minimum absolute atomic E-state index is 0.122. The third-order valence-electron chi connectivity index (χ3n) is 3.31. The fourth-order valence-corrected chi connectivity index (χ4v) is 2.45. The van der Waals surface area contributed by atoms with E-state index in [0.29, 0.717) is 41.7 Å². The molecule has 5 nitrogen and oxygen atoms in total. The van der Waals surface area contributed by atoms with Gasteiger partial charge in [0.2, 0.25) is 6.79 Å². The molecule has 0 bridgehead atoms. The number of carbonyl (C=O) groups excluding carboxylic acids is 1. The van der Waals surface area contributed by atoms with E-state index in [-0.39, 0.29) is 12.7 Å². The van der Waals surface area contributed by atoms with Gasteiger partial charge in [0.25, 0.3) is 5.91 Å². The lowest BCUT2D eigenvalue weighted by atomic mass is 10.2. The molecule has 1 amide bonds. The molecule has 23 heavy (non-hydrogen) atoms. The number of nitrogens with one attached hydrogen (secondary N) is 1. The molecule has 0 atom stereocenters. The summed E-state index contributed by atoms with van der Waals surface area (Å²) in [5.41, 5.74) is 0.447. The second kappa shape index (κ2) is 7.24.